The SMILES string of the molecule is C/C(Br)=C(C)\C=C/C(C)Br. The van der Waals surface area contributed by atoms with Crippen LogP contribution >= 0.6 is 31.9 Å². The normalized spacial score (nSPS) is 17.3. The molecule has 10 heavy (non-hydrogen) atoms. The second-order valence-electron chi connectivity index (χ2n) is 2.25. The van der Waals surface area contributed by atoms with Gasteiger partial charge in [0, 0.05) is 4.83 Å². The highest BCUT2D eigenvalue weighted by Gasteiger charge is 1.88. The van der Waals surface area contributed by atoms with Crippen LogP contribution in [0.5, 0.6) is 0 Å². The molecule has 0 fully saturated rings. The third-order valence-electron chi connectivity index (χ3n) is 1.15. The van der Waals surface area contributed by atoms with Crippen LogP contribution in [0.15, 0.2) is 22.2 Å². The first-order valence-corrected chi connectivity index (χ1v) is 4.90. The molecule has 0 heterocycles. The van der Waals surface area contributed by atoms with E-state index in [2.05, 4.69) is 57.9 Å². The summed E-state index contributed by atoms with van der Waals surface area (Å²) in [5.41, 5.74) is 1.27. The van der Waals surface area contributed by atoms with Crippen LogP contribution in [0.3, 0.4) is 0 Å². The highest BCUT2D eigenvalue weighted by Crippen LogP contribution is 2.12. The van der Waals surface area contributed by atoms with E-state index >= 15 is 0 Å². The fraction of sp³-hybridized carbons (Fsp3) is 0.500. The standard InChI is InChI=1S/C8H12Br2/c1-6(8(3)10)4-5-7(2)9/h4-5,7H,1-3H3/b5-4-,8-6+. The summed E-state index contributed by atoms with van der Waals surface area (Å²) in [6.45, 7) is 6.21. The van der Waals surface area contributed by atoms with Crippen molar-refractivity contribution >= 4 is 31.9 Å². The Labute approximate surface area is 79.6 Å². The highest BCUT2D eigenvalue weighted by molar-refractivity contribution is 9.11. The van der Waals surface area contributed by atoms with Gasteiger partial charge in [0.05, 0.1) is 0 Å². The Morgan fingerprint density at radius 1 is 1.40 bits per heavy atom. The Bertz CT molecular complexity index is 151. The van der Waals surface area contributed by atoms with Crippen LogP contribution in [0.4, 0.5) is 0 Å². The number of allylic oxidation sites excluding steroid dienone is 4. The second kappa shape index (κ2) is 5.14. The molecule has 1 unspecified atom stereocenters. The average molecular weight is 268 g/mol. The van der Waals surface area contributed by atoms with Crippen molar-refractivity contribution in [2.45, 2.75) is 25.6 Å². The second-order valence-corrected chi connectivity index (χ2v) is 4.89. The van der Waals surface area contributed by atoms with Crippen molar-refractivity contribution in [3.05, 3.63) is 22.2 Å². The zero-order valence-electron chi connectivity index (χ0n) is 6.49. The number of rotatable bonds is 2. The van der Waals surface area contributed by atoms with Crippen molar-refractivity contribution in [3.8, 4) is 0 Å². The first kappa shape index (κ1) is 10.4. The molecule has 0 saturated heterocycles. The van der Waals surface area contributed by atoms with E-state index in [1.165, 1.54) is 10.1 Å². The summed E-state index contributed by atoms with van der Waals surface area (Å²) in [5.74, 6) is 0. The molecule has 0 spiro atoms. The quantitative estimate of drug-likeness (QED) is 0.524. The lowest BCUT2D eigenvalue weighted by molar-refractivity contribution is 1.26. The molecule has 0 aromatic rings. The van der Waals surface area contributed by atoms with Crippen LogP contribution in [0.1, 0.15) is 20.8 Å². The third kappa shape index (κ3) is 5.24. The van der Waals surface area contributed by atoms with Gasteiger partial charge in [0.25, 0.3) is 0 Å². The van der Waals surface area contributed by atoms with Gasteiger partial charge in [-0.3, -0.25) is 0 Å². The fourth-order valence-electron chi connectivity index (χ4n) is 0.392. The van der Waals surface area contributed by atoms with E-state index in [0.717, 1.165) is 0 Å². The Balaban J connectivity index is 4.03. The molecule has 0 aromatic heterocycles. The molecule has 0 bridgehead atoms. The van der Waals surface area contributed by atoms with Gasteiger partial charge >= 0.3 is 0 Å². The van der Waals surface area contributed by atoms with Crippen LogP contribution in [-0.2, 0) is 0 Å². The number of hydrogen-bond donors (Lipinski definition) is 0. The lowest BCUT2D eigenvalue weighted by atomic mass is 10.2. The maximum absolute atomic E-state index is 3.43. The molecule has 0 amide bonds. The third-order valence-corrected chi connectivity index (χ3v) is 2.09. The lowest BCUT2D eigenvalue weighted by Crippen LogP contribution is -1.80. The van der Waals surface area contributed by atoms with Crippen LogP contribution in [0.2, 0.25) is 0 Å². The van der Waals surface area contributed by atoms with E-state index in [-0.39, 0.29) is 0 Å². The van der Waals surface area contributed by atoms with E-state index in [0.29, 0.717) is 4.83 Å². The number of alkyl halides is 1. The molecule has 0 radical (unpaired) electrons. The minimum absolute atomic E-state index is 0.453. The van der Waals surface area contributed by atoms with E-state index in [9.17, 15) is 0 Å². The first-order valence-electron chi connectivity index (χ1n) is 3.19. The van der Waals surface area contributed by atoms with Crippen molar-refractivity contribution in [1.29, 1.82) is 0 Å². The van der Waals surface area contributed by atoms with Gasteiger partial charge in [-0.25, -0.2) is 0 Å². The van der Waals surface area contributed by atoms with E-state index in [4.69, 9.17) is 0 Å². The summed E-state index contributed by atoms with van der Waals surface area (Å²) in [7, 11) is 0. The molecule has 0 aliphatic carbocycles. The van der Waals surface area contributed by atoms with Gasteiger partial charge in [-0.1, -0.05) is 44.0 Å². The monoisotopic (exact) mass is 266 g/mol. The van der Waals surface area contributed by atoms with E-state index < -0.39 is 0 Å². The fourth-order valence-corrected chi connectivity index (χ4v) is 0.677. The molecule has 1 atom stereocenters. The van der Waals surface area contributed by atoms with E-state index in [1.807, 2.05) is 6.92 Å². The summed E-state index contributed by atoms with van der Waals surface area (Å²) < 4.78 is 1.19. The minimum Gasteiger partial charge on any atom is -0.0848 e. The predicted molar refractivity (Wildman–Crippen MR) is 54.8 cm³/mol. The number of halogens is 2. The molecule has 58 valence electrons. The van der Waals surface area contributed by atoms with Gasteiger partial charge in [0.2, 0.25) is 0 Å². The van der Waals surface area contributed by atoms with Crippen molar-refractivity contribution in [1.82, 2.24) is 0 Å². The predicted octanol–water partition coefficient (Wildman–Crippen LogP) is 4.01. The molecular weight excluding hydrogens is 256 g/mol. The van der Waals surface area contributed by atoms with Gasteiger partial charge in [-0.05, 0) is 30.8 Å². The van der Waals surface area contributed by atoms with Crippen molar-refractivity contribution in [2.75, 3.05) is 0 Å². The Hall–Kier alpha value is 0.440. The molecule has 0 rings (SSSR count). The molecule has 0 aliphatic heterocycles. The van der Waals surface area contributed by atoms with Gasteiger partial charge in [-0.15, -0.1) is 0 Å². The highest BCUT2D eigenvalue weighted by atomic mass is 79.9. The summed E-state index contributed by atoms with van der Waals surface area (Å²) in [5, 5.41) is 0. The van der Waals surface area contributed by atoms with Crippen LogP contribution in [0, 0.1) is 0 Å². The molecule has 0 aromatic carbocycles. The average Bonchev–Trinajstić information content (AvgIpc) is 1.82. The number of hydrogen-bond acceptors (Lipinski definition) is 0. The summed E-state index contributed by atoms with van der Waals surface area (Å²) in [4.78, 5) is 0.453. The van der Waals surface area contributed by atoms with Crippen LogP contribution < -0.4 is 0 Å². The lowest BCUT2D eigenvalue weighted by Gasteiger charge is -1.94. The maximum Gasteiger partial charge on any atom is 0.0300 e. The van der Waals surface area contributed by atoms with Crippen LogP contribution in [0.25, 0.3) is 0 Å². The van der Waals surface area contributed by atoms with Crippen molar-refractivity contribution in [2.24, 2.45) is 0 Å². The summed E-state index contributed by atoms with van der Waals surface area (Å²) in [6, 6.07) is 0. The van der Waals surface area contributed by atoms with Gasteiger partial charge in [-0.2, -0.15) is 0 Å². The van der Waals surface area contributed by atoms with Crippen molar-refractivity contribution in [3.63, 3.8) is 0 Å². The zero-order valence-corrected chi connectivity index (χ0v) is 9.66. The molecule has 2 heteroatoms. The van der Waals surface area contributed by atoms with Crippen molar-refractivity contribution < 1.29 is 0 Å². The Morgan fingerprint density at radius 3 is 2.20 bits per heavy atom. The molecule has 0 nitrogen and oxygen atoms in total. The molecule has 0 N–H and O–H groups in total. The smallest absolute Gasteiger partial charge is 0.0300 e. The molecule has 0 saturated carbocycles. The van der Waals surface area contributed by atoms with Crippen LogP contribution in [-0.4, -0.2) is 4.83 Å². The Morgan fingerprint density at radius 2 is 1.90 bits per heavy atom. The van der Waals surface area contributed by atoms with Gasteiger partial charge in [0.15, 0.2) is 0 Å². The van der Waals surface area contributed by atoms with E-state index in [1.54, 1.807) is 0 Å². The summed E-state index contributed by atoms with van der Waals surface area (Å²) >= 11 is 6.83. The van der Waals surface area contributed by atoms with Gasteiger partial charge < -0.3 is 0 Å². The first-order chi connectivity index (χ1) is 4.54. The maximum atomic E-state index is 3.43. The minimum atomic E-state index is 0.453. The summed E-state index contributed by atoms with van der Waals surface area (Å²) in [6.07, 6.45) is 4.21. The largest absolute Gasteiger partial charge is 0.0848 e. The zero-order chi connectivity index (χ0) is 8.15. The molecular formula is C8H12Br2. The molecule has 0 aliphatic rings. The van der Waals surface area contributed by atoms with Gasteiger partial charge in [0.1, 0.15) is 0 Å². The topological polar surface area (TPSA) is 0 Å². The Kier molecular flexibility index (Phi) is 5.36.